The molecule has 4 heterocycles. The van der Waals surface area contributed by atoms with Gasteiger partial charge in [-0.15, -0.1) is 17.9 Å². The van der Waals surface area contributed by atoms with Crippen molar-refractivity contribution in [3.63, 3.8) is 0 Å². The number of likely N-dealkylation sites (tertiary alicyclic amines) is 1. The summed E-state index contributed by atoms with van der Waals surface area (Å²) in [5.74, 6) is -0.0341. The maximum Gasteiger partial charge on any atom is 0.291 e. The van der Waals surface area contributed by atoms with E-state index in [9.17, 15) is 9.59 Å². The second-order valence-electron chi connectivity index (χ2n) is 7.77. The zero-order chi connectivity index (χ0) is 20.0. The van der Waals surface area contributed by atoms with E-state index in [1.165, 1.54) is 9.56 Å². The minimum Gasteiger partial charge on any atom is -0.336 e. The molecule has 3 aromatic heterocycles. The third kappa shape index (κ3) is 2.98. The number of hydrogen-bond acceptors (Lipinski definition) is 4. The van der Waals surface area contributed by atoms with Gasteiger partial charge in [-0.25, -0.2) is 4.68 Å². The summed E-state index contributed by atoms with van der Waals surface area (Å²) in [5, 5.41) is 5.20. The predicted octanol–water partition coefficient (Wildman–Crippen LogP) is 3.70. The van der Waals surface area contributed by atoms with Gasteiger partial charge in [0.2, 0.25) is 5.91 Å². The summed E-state index contributed by atoms with van der Waals surface area (Å²) in [5.41, 5.74) is 1.41. The summed E-state index contributed by atoms with van der Waals surface area (Å²) < 4.78 is 4.36. The number of aryl methyl sites for hydroxylation is 1. The summed E-state index contributed by atoms with van der Waals surface area (Å²) in [6.45, 7) is 10.6. The fourth-order valence-corrected chi connectivity index (χ4v) is 5.50. The number of amides is 1. The number of rotatable bonds is 4. The average molecular weight is 399 g/mol. The number of carbonyl (C=O) groups excluding carboxylic acids is 1. The molecule has 148 valence electrons. The first-order chi connectivity index (χ1) is 13.4. The Morgan fingerprint density at radius 3 is 2.75 bits per heavy atom. The Morgan fingerprint density at radius 2 is 2.07 bits per heavy atom. The first-order valence-electron chi connectivity index (χ1n) is 9.83. The number of piperidine rings is 1. The van der Waals surface area contributed by atoms with Crippen LogP contribution in [0.15, 0.2) is 29.7 Å². The van der Waals surface area contributed by atoms with Crippen LogP contribution in [0.25, 0.3) is 21.1 Å². The van der Waals surface area contributed by atoms with Crippen molar-refractivity contribution in [2.24, 2.45) is 0 Å². The standard InChI is InChI=1S/C21H26N4O2S/c1-5-9-23-17-10-15(4)28-20(17)16-11-22-24(21(27)19(16)23)12-18(26)25-13(2)7-6-8-14(25)3/h5,10-11,13-14H,1,6-9,12H2,2-4H3/t13-,14-/m0/s1. The monoisotopic (exact) mass is 398 g/mol. The molecule has 0 radical (unpaired) electrons. The van der Waals surface area contributed by atoms with Crippen LogP contribution in [0, 0.1) is 6.92 Å². The van der Waals surface area contributed by atoms with Gasteiger partial charge in [-0.05, 0) is 46.1 Å². The molecule has 1 amide bonds. The molecule has 0 aromatic carbocycles. The molecule has 1 saturated heterocycles. The highest BCUT2D eigenvalue weighted by Gasteiger charge is 2.29. The molecule has 0 spiro atoms. The molecule has 3 aromatic rings. The van der Waals surface area contributed by atoms with E-state index in [0.29, 0.717) is 12.1 Å². The molecule has 1 fully saturated rings. The normalized spacial score (nSPS) is 20.2. The smallest absolute Gasteiger partial charge is 0.291 e. The van der Waals surface area contributed by atoms with E-state index < -0.39 is 0 Å². The van der Waals surface area contributed by atoms with Crippen molar-refractivity contribution >= 4 is 38.4 Å². The number of thiophene rings is 1. The lowest BCUT2D eigenvalue weighted by Gasteiger charge is -2.39. The van der Waals surface area contributed by atoms with Crippen molar-refractivity contribution in [3.05, 3.63) is 40.1 Å². The summed E-state index contributed by atoms with van der Waals surface area (Å²) in [6, 6.07) is 2.50. The van der Waals surface area contributed by atoms with E-state index >= 15 is 0 Å². The molecule has 1 aliphatic heterocycles. The van der Waals surface area contributed by atoms with Gasteiger partial charge in [-0.3, -0.25) is 9.59 Å². The number of fused-ring (bicyclic) bond motifs is 3. The van der Waals surface area contributed by atoms with Gasteiger partial charge in [0.15, 0.2) is 0 Å². The third-order valence-corrected chi connectivity index (χ3v) is 6.81. The van der Waals surface area contributed by atoms with Gasteiger partial charge in [-0.1, -0.05) is 6.08 Å². The fourth-order valence-electron chi connectivity index (χ4n) is 4.47. The van der Waals surface area contributed by atoms with Crippen LogP contribution in [0.1, 0.15) is 38.0 Å². The van der Waals surface area contributed by atoms with Crippen molar-refractivity contribution in [3.8, 4) is 0 Å². The molecule has 0 N–H and O–H groups in total. The highest BCUT2D eigenvalue weighted by atomic mass is 32.1. The zero-order valence-electron chi connectivity index (χ0n) is 16.6. The number of nitrogens with zero attached hydrogens (tertiary/aromatic N) is 4. The highest BCUT2D eigenvalue weighted by Crippen LogP contribution is 2.33. The van der Waals surface area contributed by atoms with Gasteiger partial charge >= 0.3 is 0 Å². The predicted molar refractivity (Wildman–Crippen MR) is 114 cm³/mol. The van der Waals surface area contributed by atoms with Crippen molar-refractivity contribution < 1.29 is 4.79 Å². The number of hydrogen-bond donors (Lipinski definition) is 0. The van der Waals surface area contributed by atoms with Crippen molar-refractivity contribution in [1.82, 2.24) is 19.2 Å². The average Bonchev–Trinajstić information content (AvgIpc) is 3.14. The topological polar surface area (TPSA) is 60.1 Å². The van der Waals surface area contributed by atoms with Gasteiger partial charge < -0.3 is 9.47 Å². The molecule has 6 nitrogen and oxygen atoms in total. The fraction of sp³-hybridized carbons (Fsp3) is 0.476. The summed E-state index contributed by atoms with van der Waals surface area (Å²) in [4.78, 5) is 29.3. The van der Waals surface area contributed by atoms with Crippen molar-refractivity contribution in [1.29, 1.82) is 0 Å². The lowest BCUT2D eigenvalue weighted by molar-refractivity contribution is -0.138. The second-order valence-corrected chi connectivity index (χ2v) is 9.03. The number of allylic oxidation sites excluding steroid dienone is 1. The summed E-state index contributed by atoms with van der Waals surface area (Å²) in [7, 11) is 0. The van der Waals surface area contributed by atoms with E-state index in [1.54, 1.807) is 23.6 Å². The molecule has 4 rings (SSSR count). The summed E-state index contributed by atoms with van der Waals surface area (Å²) >= 11 is 1.66. The SMILES string of the molecule is C=CCn1c2cc(C)sc2c2cnn(CC(=O)N3[C@@H](C)CCC[C@@H]3C)c(=O)c21. The van der Waals surface area contributed by atoms with Crippen LogP contribution in [0.3, 0.4) is 0 Å². The van der Waals surface area contributed by atoms with E-state index in [2.05, 4.69) is 38.5 Å². The Bertz CT molecular complexity index is 1110. The van der Waals surface area contributed by atoms with Crippen LogP contribution < -0.4 is 5.56 Å². The molecule has 7 heteroatoms. The Labute approximate surface area is 168 Å². The molecule has 28 heavy (non-hydrogen) atoms. The molecule has 0 aliphatic carbocycles. The molecular weight excluding hydrogens is 372 g/mol. The molecule has 2 atom stereocenters. The van der Waals surface area contributed by atoms with E-state index in [-0.39, 0.29) is 30.1 Å². The van der Waals surface area contributed by atoms with Crippen LogP contribution in [0.2, 0.25) is 0 Å². The maximum absolute atomic E-state index is 13.2. The van der Waals surface area contributed by atoms with Crippen molar-refractivity contribution in [2.75, 3.05) is 0 Å². The van der Waals surface area contributed by atoms with E-state index in [4.69, 9.17) is 0 Å². The molecule has 0 bridgehead atoms. The molecular formula is C21H26N4O2S. The van der Waals surface area contributed by atoms with Gasteiger partial charge in [0.25, 0.3) is 5.56 Å². The minimum atomic E-state index is -0.217. The lowest BCUT2D eigenvalue weighted by Crippen LogP contribution is -2.49. The van der Waals surface area contributed by atoms with Crippen LogP contribution >= 0.6 is 11.3 Å². The Hall–Kier alpha value is -2.41. The van der Waals surface area contributed by atoms with Crippen molar-refractivity contribution in [2.45, 2.75) is 65.2 Å². The quantitative estimate of drug-likeness (QED) is 0.630. The van der Waals surface area contributed by atoms with Gasteiger partial charge in [0.05, 0.1) is 16.4 Å². The van der Waals surface area contributed by atoms with Gasteiger partial charge in [0.1, 0.15) is 12.1 Å². The Balaban J connectivity index is 1.77. The van der Waals surface area contributed by atoms with E-state index in [0.717, 1.165) is 34.9 Å². The third-order valence-electron chi connectivity index (χ3n) is 5.74. The molecule has 0 saturated carbocycles. The first kappa shape index (κ1) is 18.9. The zero-order valence-corrected chi connectivity index (χ0v) is 17.5. The van der Waals surface area contributed by atoms with Gasteiger partial charge in [-0.2, -0.15) is 5.10 Å². The molecule has 0 unspecified atom stereocenters. The maximum atomic E-state index is 13.2. The number of carbonyl (C=O) groups is 1. The minimum absolute atomic E-state index is 0.0185. The summed E-state index contributed by atoms with van der Waals surface area (Å²) in [6.07, 6.45) is 6.68. The second kappa shape index (κ2) is 7.20. The Kier molecular flexibility index (Phi) is 4.87. The van der Waals surface area contributed by atoms with Crippen LogP contribution in [-0.2, 0) is 17.9 Å². The van der Waals surface area contributed by atoms with Crippen LogP contribution in [-0.4, -0.2) is 37.2 Å². The Morgan fingerprint density at radius 1 is 1.36 bits per heavy atom. The number of aromatic nitrogens is 3. The highest BCUT2D eigenvalue weighted by molar-refractivity contribution is 7.20. The largest absolute Gasteiger partial charge is 0.336 e. The van der Waals surface area contributed by atoms with Crippen LogP contribution in [0.5, 0.6) is 0 Å². The van der Waals surface area contributed by atoms with E-state index in [1.807, 2.05) is 9.47 Å². The first-order valence-corrected chi connectivity index (χ1v) is 10.6. The van der Waals surface area contributed by atoms with Gasteiger partial charge in [0, 0.05) is 28.9 Å². The molecule has 1 aliphatic rings. The lowest BCUT2D eigenvalue weighted by atomic mass is 9.97. The van der Waals surface area contributed by atoms with Crippen LogP contribution in [0.4, 0.5) is 0 Å².